The van der Waals surface area contributed by atoms with E-state index >= 15 is 0 Å². The van der Waals surface area contributed by atoms with Gasteiger partial charge in [-0.05, 0) is 82.0 Å². The van der Waals surface area contributed by atoms with Crippen LogP contribution < -0.4 is 28.4 Å². The van der Waals surface area contributed by atoms with Crippen molar-refractivity contribution in [3.63, 3.8) is 0 Å². The molecule has 0 saturated carbocycles. The van der Waals surface area contributed by atoms with Crippen molar-refractivity contribution in [3.8, 4) is 34.5 Å². The Morgan fingerprint density at radius 3 is 1.17 bits per heavy atom. The van der Waals surface area contributed by atoms with Gasteiger partial charge in [-0.1, -0.05) is 127 Å². The van der Waals surface area contributed by atoms with E-state index in [1.54, 1.807) is 28.4 Å². The third-order valence-corrected chi connectivity index (χ3v) is 9.88. The number of fused-ring (bicyclic) bond motifs is 1. The van der Waals surface area contributed by atoms with Crippen LogP contribution in [0.1, 0.15) is 101 Å². The summed E-state index contributed by atoms with van der Waals surface area (Å²) < 4.78 is 35.7. The molecule has 0 N–H and O–H groups in total. The Hall–Kier alpha value is -4.58. The third-order valence-electron chi connectivity index (χ3n) is 9.88. The zero-order chi connectivity index (χ0) is 37.3. The summed E-state index contributed by atoms with van der Waals surface area (Å²) in [5, 5.41) is 2.31. The van der Waals surface area contributed by atoms with Gasteiger partial charge < -0.3 is 28.4 Å². The predicted octanol–water partition coefficient (Wildman–Crippen LogP) is 12.4. The normalized spacial score (nSPS) is 12.7. The number of unbranched alkanes of at least 4 members (excludes halogenated alkanes) is 2. The van der Waals surface area contributed by atoms with Crippen LogP contribution in [0.15, 0.2) is 60.7 Å². The minimum absolute atomic E-state index is 0.504. The van der Waals surface area contributed by atoms with E-state index in [-0.39, 0.29) is 0 Å². The third kappa shape index (κ3) is 10.7. The van der Waals surface area contributed by atoms with Crippen molar-refractivity contribution in [2.45, 2.75) is 79.1 Å². The molecule has 4 rings (SSSR count). The maximum absolute atomic E-state index is 6.31. The van der Waals surface area contributed by atoms with Crippen molar-refractivity contribution in [1.82, 2.24) is 0 Å². The van der Waals surface area contributed by atoms with Gasteiger partial charge in [0.15, 0.2) is 23.0 Å². The quantitative estimate of drug-likeness (QED) is 0.0758. The largest absolute Gasteiger partial charge is 0.493 e. The van der Waals surface area contributed by atoms with E-state index in [1.807, 2.05) is 24.3 Å². The molecule has 4 aromatic carbocycles. The molecule has 0 heterocycles. The molecule has 280 valence electrons. The van der Waals surface area contributed by atoms with Gasteiger partial charge in [0.25, 0.3) is 0 Å². The highest BCUT2D eigenvalue weighted by molar-refractivity contribution is 5.99. The van der Waals surface area contributed by atoms with Gasteiger partial charge in [-0.15, -0.1) is 0 Å². The molecular formula is C46H60O6. The molecule has 0 amide bonds. The first-order chi connectivity index (χ1) is 25.4. The van der Waals surface area contributed by atoms with E-state index in [0.717, 1.165) is 58.7 Å². The maximum Gasteiger partial charge on any atom is 0.203 e. The molecule has 2 atom stereocenters. The van der Waals surface area contributed by atoms with Crippen LogP contribution in [-0.2, 0) is 0 Å². The van der Waals surface area contributed by atoms with Crippen LogP contribution in [0, 0.1) is 11.8 Å². The fourth-order valence-corrected chi connectivity index (χ4v) is 6.48. The number of hydrogen-bond donors (Lipinski definition) is 0. The molecule has 2 unspecified atom stereocenters. The van der Waals surface area contributed by atoms with Crippen LogP contribution in [0.5, 0.6) is 34.5 Å². The van der Waals surface area contributed by atoms with Crippen LogP contribution in [0.3, 0.4) is 0 Å². The van der Waals surface area contributed by atoms with Gasteiger partial charge in [0.2, 0.25) is 11.5 Å². The number of methoxy groups -OCH3 is 4. The lowest BCUT2D eigenvalue weighted by Crippen LogP contribution is -2.12. The molecule has 0 bridgehead atoms. The Morgan fingerprint density at radius 2 is 0.865 bits per heavy atom. The van der Waals surface area contributed by atoms with Crippen molar-refractivity contribution in [2.75, 3.05) is 41.7 Å². The highest BCUT2D eigenvalue weighted by atomic mass is 16.5. The molecule has 6 heteroatoms. The molecule has 0 aromatic heterocycles. The summed E-state index contributed by atoms with van der Waals surface area (Å²) in [6.45, 7) is 10.2. The summed E-state index contributed by atoms with van der Waals surface area (Å²) >= 11 is 0. The van der Waals surface area contributed by atoms with Crippen molar-refractivity contribution < 1.29 is 28.4 Å². The minimum atomic E-state index is 0.504. The SMILES string of the molecule is CCCCC(CC)COc1c(OC)cc(/C=C/c2ccc(/C=C/c3cc(OC)c(OCC(CC)CCCC)c(OC)c3)c3ccccc23)cc1OC. The van der Waals surface area contributed by atoms with Gasteiger partial charge >= 0.3 is 0 Å². The van der Waals surface area contributed by atoms with Crippen LogP contribution in [-0.4, -0.2) is 41.7 Å². The van der Waals surface area contributed by atoms with Crippen LogP contribution in [0.25, 0.3) is 35.1 Å². The van der Waals surface area contributed by atoms with Gasteiger partial charge in [0.05, 0.1) is 41.7 Å². The molecular weight excluding hydrogens is 649 g/mol. The van der Waals surface area contributed by atoms with Crippen LogP contribution >= 0.6 is 0 Å². The predicted molar refractivity (Wildman–Crippen MR) is 218 cm³/mol. The highest BCUT2D eigenvalue weighted by Gasteiger charge is 2.18. The molecule has 0 aliphatic rings. The molecule has 0 saturated heterocycles. The van der Waals surface area contributed by atoms with E-state index in [4.69, 9.17) is 28.4 Å². The van der Waals surface area contributed by atoms with Gasteiger partial charge in [-0.25, -0.2) is 0 Å². The smallest absolute Gasteiger partial charge is 0.203 e. The Morgan fingerprint density at radius 1 is 0.500 bits per heavy atom. The zero-order valence-electron chi connectivity index (χ0n) is 32.8. The topological polar surface area (TPSA) is 55.4 Å². The first-order valence-corrected chi connectivity index (χ1v) is 19.1. The second-order valence-corrected chi connectivity index (χ2v) is 13.4. The summed E-state index contributed by atoms with van der Waals surface area (Å²) in [5.41, 5.74) is 4.16. The standard InChI is InChI=1S/C46H60O6/c1-9-13-17-33(11-3)31-51-45-41(47-5)27-35(28-42(45)48-6)21-23-37-25-26-38(40-20-16-15-19-39(37)40)24-22-36-29-43(49-7)46(44(30-36)50-8)52-32-34(12-4)18-14-10-2/h15-16,19-30,33-34H,9-14,17-18,31-32H2,1-8H3/b23-21+,24-22+. The van der Waals surface area contributed by atoms with Crippen molar-refractivity contribution in [3.05, 3.63) is 82.9 Å². The van der Waals surface area contributed by atoms with Crippen LogP contribution in [0.2, 0.25) is 0 Å². The second kappa shape index (κ2) is 21.1. The lowest BCUT2D eigenvalue weighted by molar-refractivity contribution is 0.215. The van der Waals surface area contributed by atoms with E-state index in [2.05, 4.69) is 88.4 Å². The average molecular weight is 709 g/mol. The summed E-state index contributed by atoms with van der Waals surface area (Å²) in [6, 6.07) is 20.8. The summed E-state index contributed by atoms with van der Waals surface area (Å²) in [6.07, 6.45) is 17.7. The first-order valence-electron chi connectivity index (χ1n) is 19.1. The molecule has 0 fully saturated rings. The number of rotatable bonds is 22. The molecule has 0 aliphatic carbocycles. The van der Waals surface area contributed by atoms with E-state index in [9.17, 15) is 0 Å². The van der Waals surface area contributed by atoms with Crippen molar-refractivity contribution in [2.24, 2.45) is 11.8 Å². The Kier molecular flexibility index (Phi) is 16.3. The Bertz CT molecular complexity index is 1580. The number of ether oxygens (including phenoxy) is 6. The van der Waals surface area contributed by atoms with E-state index < -0.39 is 0 Å². The number of hydrogen-bond acceptors (Lipinski definition) is 6. The molecule has 0 spiro atoms. The molecule has 0 aliphatic heterocycles. The monoisotopic (exact) mass is 708 g/mol. The van der Waals surface area contributed by atoms with Gasteiger partial charge in [-0.2, -0.15) is 0 Å². The maximum atomic E-state index is 6.31. The fraction of sp³-hybridized carbons (Fsp3) is 0.435. The van der Waals surface area contributed by atoms with Gasteiger partial charge in [-0.3, -0.25) is 0 Å². The van der Waals surface area contributed by atoms with Gasteiger partial charge in [0, 0.05) is 0 Å². The molecule has 52 heavy (non-hydrogen) atoms. The average Bonchev–Trinajstić information content (AvgIpc) is 3.19. The van der Waals surface area contributed by atoms with Crippen LogP contribution in [0.4, 0.5) is 0 Å². The first kappa shape index (κ1) is 40.2. The number of benzene rings is 4. The Labute approximate surface area is 312 Å². The summed E-state index contributed by atoms with van der Waals surface area (Å²) in [5.74, 6) is 4.99. The molecule has 4 aromatic rings. The molecule has 0 radical (unpaired) electrons. The second-order valence-electron chi connectivity index (χ2n) is 13.4. The van der Waals surface area contributed by atoms with Crippen molar-refractivity contribution >= 4 is 35.1 Å². The minimum Gasteiger partial charge on any atom is -0.493 e. The lowest BCUT2D eigenvalue weighted by Gasteiger charge is -2.19. The summed E-state index contributed by atoms with van der Waals surface area (Å²) in [4.78, 5) is 0. The van der Waals surface area contributed by atoms with E-state index in [0.29, 0.717) is 59.5 Å². The highest BCUT2D eigenvalue weighted by Crippen LogP contribution is 2.41. The Balaban J connectivity index is 1.58. The zero-order valence-corrected chi connectivity index (χ0v) is 32.8. The van der Waals surface area contributed by atoms with Gasteiger partial charge in [0.1, 0.15) is 0 Å². The van der Waals surface area contributed by atoms with Crippen molar-refractivity contribution in [1.29, 1.82) is 0 Å². The molecule has 6 nitrogen and oxygen atoms in total. The fourth-order valence-electron chi connectivity index (χ4n) is 6.48. The lowest BCUT2D eigenvalue weighted by atomic mass is 9.98. The summed E-state index contributed by atoms with van der Waals surface area (Å²) in [7, 11) is 6.70. The van der Waals surface area contributed by atoms with E-state index in [1.165, 1.54) is 25.7 Å².